The van der Waals surface area contributed by atoms with Crippen LogP contribution >= 0.6 is 11.6 Å². The number of rotatable bonds is 5. The second kappa shape index (κ2) is 9.86. The Morgan fingerprint density at radius 2 is 1.97 bits per heavy atom. The normalized spacial score (nSPS) is 15.0. The van der Waals surface area contributed by atoms with Gasteiger partial charge in [0.25, 0.3) is 5.91 Å². The van der Waals surface area contributed by atoms with Crippen LogP contribution in [-0.4, -0.2) is 67.8 Å². The molecule has 3 rings (SSSR count). The molecule has 2 aromatic rings. The standard InChI is InChI=1S/C22H26ClN5O3S/c1-16(2)26(3)32(30,31)18-7-8-20(23)19(14-18)22(29)28-11-5-10-27(12-13-28)21-17(15-24)6-4-9-25-21/h4,6-9,14,16H,5,10-13H2,1-3H3. The van der Waals surface area contributed by atoms with E-state index in [0.29, 0.717) is 44.0 Å². The van der Waals surface area contributed by atoms with E-state index < -0.39 is 10.0 Å². The molecule has 0 aliphatic carbocycles. The molecule has 0 bridgehead atoms. The van der Waals surface area contributed by atoms with Gasteiger partial charge in [-0.15, -0.1) is 0 Å². The van der Waals surface area contributed by atoms with Crippen molar-refractivity contribution >= 4 is 33.3 Å². The van der Waals surface area contributed by atoms with Crippen molar-refractivity contribution in [3.05, 3.63) is 52.7 Å². The van der Waals surface area contributed by atoms with E-state index in [2.05, 4.69) is 11.1 Å². The first kappa shape index (κ1) is 24.0. The van der Waals surface area contributed by atoms with E-state index in [1.54, 1.807) is 37.1 Å². The summed E-state index contributed by atoms with van der Waals surface area (Å²) in [5.74, 6) is 0.287. The van der Waals surface area contributed by atoms with E-state index in [9.17, 15) is 18.5 Å². The lowest BCUT2D eigenvalue weighted by molar-refractivity contribution is 0.0767. The van der Waals surface area contributed by atoms with Crippen LogP contribution in [0.15, 0.2) is 41.4 Å². The van der Waals surface area contributed by atoms with Crippen molar-refractivity contribution in [2.75, 3.05) is 38.1 Å². The van der Waals surface area contributed by atoms with Gasteiger partial charge in [-0.05, 0) is 50.6 Å². The molecule has 0 radical (unpaired) electrons. The lowest BCUT2D eigenvalue weighted by Gasteiger charge is -2.24. The highest BCUT2D eigenvalue weighted by Crippen LogP contribution is 2.26. The summed E-state index contributed by atoms with van der Waals surface area (Å²) in [7, 11) is -2.24. The highest BCUT2D eigenvalue weighted by Gasteiger charge is 2.27. The number of amides is 1. The minimum absolute atomic E-state index is 0.0325. The Morgan fingerprint density at radius 3 is 2.66 bits per heavy atom. The minimum atomic E-state index is -3.74. The molecule has 170 valence electrons. The van der Waals surface area contributed by atoms with Crippen molar-refractivity contribution < 1.29 is 13.2 Å². The van der Waals surface area contributed by atoms with E-state index in [-0.39, 0.29) is 27.4 Å². The van der Waals surface area contributed by atoms with Crippen LogP contribution < -0.4 is 4.90 Å². The molecule has 1 aliphatic heterocycles. The monoisotopic (exact) mass is 475 g/mol. The van der Waals surface area contributed by atoms with Crippen molar-refractivity contribution in [1.82, 2.24) is 14.2 Å². The molecule has 1 amide bonds. The van der Waals surface area contributed by atoms with E-state index >= 15 is 0 Å². The SMILES string of the molecule is CC(C)N(C)S(=O)(=O)c1ccc(Cl)c(C(=O)N2CCCN(c3ncccc3C#N)CC2)c1. The second-order valence-corrected chi connectivity index (χ2v) is 10.3. The molecule has 0 saturated carbocycles. The Bertz CT molecular complexity index is 1150. The average molecular weight is 476 g/mol. The molecule has 2 heterocycles. The second-order valence-electron chi connectivity index (χ2n) is 7.88. The summed E-state index contributed by atoms with van der Waals surface area (Å²) < 4.78 is 27.0. The summed E-state index contributed by atoms with van der Waals surface area (Å²) in [6.07, 6.45) is 2.32. The van der Waals surface area contributed by atoms with Gasteiger partial charge in [-0.25, -0.2) is 13.4 Å². The molecule has 1 aromatic carbocycles. The van der Waals surface area contributed by atoms with Crippen LogP contribution in [0.1, 0.15) is 36.2 Å². The maximum atomic E-state index is 13.3. The zero-order chi connectivity index (χ0) is 23.5. The largest absolute Gasteiger partial charge is 0.354 e. The number of benzene rings is 1. The number of nitriles is 1. The van der Waals surface area contributed by atoms with Crippen LogP contribution in [0.5, 0.6) is 0 Å². The molecule has 32 heavy (non-hydrogen) atoms. The molecular formula is C22H26ClN5O3S. The first-order chi connectivity index (χ1) is 15.2. The lowest BCUT2D eigenvalue weighted by Crippen LogP contribution is -2.36. The predicted molar refractivity (Wildman–Crippen MR) is 123 cm³/mol. The van der Waals surface area contributed by atoms with Crippen LogP contribution in [-0.2, 0) is 10.0 Å². The first-order valence-electron chi connectivity index (χ1n) is 10.3. The quantitative estimate of drug-likeness (QED) is 0.659. The van der Waals surface area contributed by atoms with Gasteiger partial charge in [-0.2, -0.15) is 9.57 Å². The highest BCUT2D eigenvalue weighted by atomic mass is 35.5. The summed E-state index contributed by atoms with van der Waals surface area (Å²) in [6, 6.07) is 9.59. The number of sulfonamides is 1. The summed E-state index contributed by atoms with van der Waals surface area (Å²) in [6.45, 7) is 5.60. The zero-order valence-electron chi connectivity index (χ0n) is 18.3. The van der Waals surface area contributed by atoms with Crippen LogP contribution in [0.2, 0.25) is 5.02 Å². The van der Waals surface area contributed by atoms with Crippen LogP contribution in [0.25, 0.3) is 0 Å². The number of hydrogen-bond donors (Lipinski definition) is 0. The number of carbonyl (C=O) groups excluding carboxylic acids is 1. The topological polar surface area (TPSA) is 97.6 Å². The van der Waals surface area contributed by atoms with Crippen molar-refractivity contribution in [2.45, 2.75) is 31.2 Å². The number of hydrogen-bond acceptors (Lipinski definition) is 6. The molecule has 1 aliphatic rings. The van der Waals surface area contributed by atoms with Gasteiger partial charge in [-0.3, -0.25) is 4.79 Å². The number of aromatic nitrogens is 1. The average Bonchev–Trinajstić information content (AvgIpc) is 3.04. The Kier molecular flexibility index (Phi) is 7.39. The molecule has 0 spiro atoms. The summed E-state index contributed by atoms with van der Waals surface area (Å²) in [4.78, 5) is 21.3. The summed E-state index contributed by atoms with van der Waals surface area (Å²) in [5.41, 5.74) is 0.649. The molecule has 1 saturated heterocycles. The van der Waals surface area contributed by atoms with Crippen molar-refractivity contribution in [1.29, 1.82) is 5.26 Å². The Hall–Kier alpha value is -2.67. The molecule has 0 unspecified atom stereocenters. The third kappa shape index (κ3) is 4.88. The summed E-state index contributed by atoms with van der Waals surface area (Å²) >= 11 is 6.30. The Morgan fingerprint density at radius 1 is 1.22 bits per heavy atom. The predicted octanol–water partition coefficient (Wildman–Crippen LogP) is 2.99. The van der Waals surface area contributed by atoms with Crippen molar-refractivity contribution in [3.8, 4) is 6.07 Å². The molecule has 0 atom stereocenters. The Labute approximate surface area is 194 Å². The fourth-order valence-electron chi connectivity index (χ4n) is 3.51. The minimum Gasteiger partial charge on any atom is -0.354 e. The van der Waals surface area contributed by atoms with Gasteiger partial charge < -0.3 is 9.80 Å². The molecule has 10 heteroatoms. The smallest absolute Gasteiger partial charge is 0.255 e. The van der Waals surface area contributed by atoms with E-state index in [1.165, 1.54) is 29.6 Å². The highest BCUT2D eigenvalue weighted by molar-refractivity contribution is 7.89. The van der Waals surface area contributed by atoms with Gasteiger partial charge in [0.2, 0.25) is 10.0 Å². The van der Waals surface area contributed by atoms with Crippen LogP contribution in [0.4, 0.5) is 5.82 Å². The number of anilines is 1. The van der Waals surface area contributed by atoms with Crippen LogP contribution in [0.3, 0.4) is 0 Å². The van der Waals surface area contributed by atoms with E-state index in [0.717, 1.165) is 0 Å². The first-order valence-corrected chi connectivity index (χ1v) is 12.2. The third-order valence-electron chi connectivity index (χ3n) is 5.56. The van der Waals surface area contributed by atoms with E-state index in [4.69, 9.17) is 11.6 Å². The maximum Gasteiger partial charge on any atom is 0.255 e. The van der Waals surface area contributed by atoms with Crippen LogP contribution in [0, 0.1) is 11.3 Å². The molecule has 8 nitrogen and oxygen atoms in total. The number of halogens is 1. The fourth-order valence-corrected chi connectivity index (χ4v) is 5.10. The number of nitrogens with zero attached hydrogens (tertiary/aromatic N) is 5. The summed E-state index contributed by atoms with van der Waals surface area (Å²) in [5, 5.41) is 9.56. The number of carbonyl (C=O) groups is 1. The lowest BCUT2D eigenvalue weighted by atomic mass is 10.2. The molecular weight excluding hydrogens is 450 g/mol. The Balaban J connectivity index is 1.83. The van der Waals surface area contributed by atoms with Gasteiger partial charge in [0.15, 0.2) is 0 Å². The fraction of sp³-hybridized carbons (Fsp3) is 0.409. The number of pyridine rings is 1. The van der Waals surface area contributed by atoms with Gasteiger partial charge in [-0.1, -0.05) is 11.6 Å². The van der Waals surface area contributed by atoms with Gasteiger partial charge in [0.05, 0.1) is 21.0 Å². The third-order valence-corrected chi connectivity index (χ3v) is 7.92. The maximum absolute atomic E-state index is 13.3. The molecule has 0 N–H and O–H groups in total. The zero-order valence-corrected chi connectivity index (χ0v) is 19.9. The van der Waals surface area contributed by atoms with Gasteiger partial charge in [0.1, 0.15) is 11.9 Å². The van der Waals surface area contributed by atoms with Gasteiger partial charge in [0, 0.05) is 45.5 Å². The van der Waals surface area contributed by atoms with E-state index in [1.807, 2.05) is 4.90 Å². The molecule has 1 aromatic heterocycles. The van der Waals surface area contributed by atoms with Gasteiger partial charge >= 0.3 is 0 Å². The molecule has 1 fully saturated rings. The van der Waals surface area contributed by atoms with Crippen molar-refractivity contribution in [2.24, 2.45) is 0 Å². The van der Waals surface area contributed by atoms with Crippen molar-refractivity contribution in [3.63, 3.8) is 0 Å².